The Hall–Kier alpha value is -3.04. The Kier molecular flexibility index (Phi) is 8.09. The summed E-state index contributed by atoms with van der Waals surface area (Å²) >= 11 is 5.85. The van der Waals surface area contributed by atoms with Crippen molar-refractivity contribution in [3.05, 3.63) is 41.2 Å². The monoisotopic (exact) mass is 573 g/mol. The summed E-state index contributed by atoms with van der Waals surface area (Å²) in [7, 11) is -0.0816. The summed E-state index contributed by atoms with van der Waals surface area (Å²) in [5.41, 5.74) is 0.0161. The van der Waals surface area contributed by atoms with Crippen LogP contribution in [0, 0.1) is 0 Å². The lowest BCUT2D eigenvalue weighted by atomic mass is 10.0. The third kappa shape index (κ3) is 5.27. The standard InChI is InChI=1S/C22H26ClF2N7O5S/c1-12(17(35-2)18-26-8-13(23)9-27-18)38(33,34)10-15-30-31-19(14-6-5-7-22(14,24)25)32(15)16-20(36-3)28-11-29-21(16)37-4/h8-9,11-12,14,17H,5-7,10H2,1-4H3/t12-,14+,17-/m0/s1. The number of halogens is 3. The summed E-state index contributed by atoms with van der Waals surface area (Å²) in [4.78, 5) is 16.3. The van der Waals surface area contributed by atoms with Crippen LogP contribution in [0.25, 0.3) is 5.69 Å². The maximum absolute atomic E-state index is 14.9. The predicted molar refractivity (Wildman–Crippen MR) is 130 cm³/mol. The van der Waals surface area contributed by atoms with Crippen LogP contribution in [0.15, 0.2) is 18.7 Å². The molecule has 0 unspecified atom stereocenters. The van der Waals surface area contributed by atoms with Crippen LogP contribution in [0.3, 0.4) is 0 Å². The van der Waals surface area contributed by atoms with Gasteiger partial charge in [-0.15, -0.1) is 10.2 Å². The molecule has 0 aromatic carbocycles. The van der Waals surface area contributed by atoms with Gasteiger partial charge in [-0.2, -0.15) is 9.97 Å². The van der Waals surface area contributed by atoms with E-state index < -0.39 is 38.8 Å². The SMILES string of the molecule is COc1ncnc(OC)c1-n1c(CS(=O)(=O)[C@@H](C)[C@H](OC)c2ncc(Cl)cn2)nnc1[C@H]1CCCC1(F)F. The molecule has 0 spiro atoms. The number of methoxy groups -OCH3 is 3. The van der Waals surface area contributed by atoms with Gasteiger partial charge < -0.3 is 14.2 Å². The highest BCUT2D eigenvalue weighted by molar-refractivity contribution is 7.91. The molecule has 206 valence electrons. The van der Waals surface area contributed by atoms with E-state index in [-0.39, 0.29) is 59.2 Å². The van der Waals surface area contributed by atoms with Crippen LogP contribution in [0.5, 0.6) is 11.8 Å². The number of ether oxygens (including phenoxy) is 3. The van der Waals surface area contributed by atoms with E-state index >= 15 is 0 Å². The van der Waals surface area contributed by atoms with E-state index in [2.05, 4.69) is 30.1 Å². The highest BCUT2D eigenvalue weighted by Crippen LogP contribution is 2.47. The smallest absolute Gasteiger partial charge is 0.257 e. The van der Waals surface area contributed by atoms with E-state index in [4.69, 9.17) is 25.8 Å². The van der Waals surface area contributed by atoms with Crippen molar-refractivity contribution in [2.24, 2.45) is 0 Å². The summed E-state index contributed by atoms with van der Waals surface area (Å²) in [6.45, 7) is 1.43. The summed E-state index contributed by atoms with van der Waals surface area (Å²) in [6.07, 6.45) is 2.85. The predicted octanol–water partition coefficient (Wildman–Crippen LogP) is 3.11. The Balaban J connectivity index is 1.82. The minimum absolute atomic E-state index is 0.0161. The average Bonchev–Trinajstić information content (AvgIpc) is 3.45. The van der Waals surface area contributed by atoms with E-state index in [1.165, 1.54) is 51.5 Å². The molecule has 16 heteroatoms. The second-order valence-electron chi connectivity index (χ2n) is 8.68. The van der Waals surface area contributed by atoms with Gasteiger partial charge in [0.25, 0.3) is 5.92 Å². The lowest BCUT2D eigenvalue weighted by molar-refractivity contribution is -0.0118. The minimum Gasteiger partial charge on any atom is -0.479 e. The van der Waals surface area contributed by atoms with Crippen molar-refractivity contribution in [2.75, 3.05) is 21.3 Å². The first-order chi connectivity index (χ1) is 18.0. The van der Waals surface area contributed by atoms with Crippen LogP contribution in [-0.2, 0) is 20.3 Å². The quantitative estimate of drug-likeness (QED) is 0.353. The van der Waals surface area contributed by atoms with Gasteiger partial charge in [-0.3, -0.25) is 4.57 Å². The van der Waals surface area contributed by atoms with E-state index in [1.54, 1.807) is 0 Å². The van der Waals surface area contributed by atoms with Crippen molar-refractivity contribution in [3.63, 3.8) is 0 Å². The van der Waals surface area contributed by atoms with Gasteiger partial charge >= 0.3 is 0 Å². The van der Waals surface area contributed by atoms with Gasteiger partial charge in [-0.1, -0.05) is 11.6 Å². The molecule has 0 saturated heterocycles. The van der Waals surface area contributed by atoms with Gasteiger partial charge in [0.1, 0.15) is 24.0 Å². The molecule has 1 aliphatic rings. The van der Waals surface area contributed by atoms with Gasteiger partial charge in [0.2, 0.25) is 11.8 Å². The molecule has 0 N–H and O–H groups in total. The summed E-state index contributed by atoms with van der Waals surface area (Å²) in [6, 6.07) is 0. The Morgan fingerprint density at radius 1 is 1.11 bits per heavy atom. The molecule has 3 aromatic heterocycles. The normalized spacial score (nSPS) is 18.8. The Labute approximate surface area is 222 Å². The van der Waals surface area contributed by atoms with Gasteiger partial charge in [0, 0.05) is 25.9 Å². The molecule has 38 heavy (non-hydrogen) atoms. The summed E-state index contributed by atoms with van der Waals surface area (Å²) in [5, 5.41) is 7.18. The zero-order valence-corrected chi connectivity index (χ0v) is 22.6. The van der Waals surface area contributed by atoms with Crippen LogP contribution in [0.1, 0.15) is 55.7 Å². The van der Waals surface area contributed by atoms with Crippen LogP contribution in [0.2, 0.25) is 5.02 Å². The van der Waals surface area contributed by atoms with E-state index in [0.717, 1.165) is 0 Å². The van der Waals surface area contributed by atoms with Crippen LogP contribution >= 0.6 is 11.6 Å². The number of hydrogen-bond donors (Lipinski definition) is 0. The largest absolute Gasteiger partial charge is 0.479 e. The fourth-order valence-corrected chi connectivity index (χ4v) is 5.97. The fourth-order valence-electron chi connectivity index (χ4n) is 4.45. The Morgan fingerprint density at radius 2 is 1.74 bits per heavy atom. The van der Waals surface area contributed by atoms with Crippen LogP contribution in [0.4, 0.5) is 8.78 Å². The second kappa shape index (κ2) is 11.0. The van der Waals surface area contributed by atoms with E-state index in [0.29, 0.717) is 0 Å². The summed E-state index contributed by atoms with van der Waals surface area (Å²) < 4.78 is 74.2. The molecular formula is C22H26ClF2N7O5S. The van der Waals surface area contributed by atoms with Crippen LogP contribution in [-0.4, -0.2) is 75.6 Å². The topological polar surface area (TPSA) is 144 Å². The number of rotatable bonds is 10. The first-order valence-electron chi connectivity index (χ1n) is 11.5. The third-order valence-corrected chi connectivity index (χ3v) is 8.65. The van der Waals surface area contributed by atoms with E-state index in [1.807, 2.05) is 0 Å². The number of alkyl halides is 2. The Bertz CT molecular complexity index is 1370. The molecule has 12 nitrogen and oxygen atoms in total. The molecule has 1 fully saturated rings. The minimum atomic E-state index is -4.06. The summed E-state index contributed by atoms with van der Waals surface area (Å²) in [5.74, 6) is -5.31. The van der Waals surface area contributed by atoms with E-state index in [9.17, 15) is 17.2 Å². The van der Waals surface area contributed by atoms with Crippen molar-refractivity contribution in [2.45, 2.75) is 55.1 Å². The van der Waals surface area contributed by atoms with Crippen molar-refractivity contribution >= 4 is 21.4 Å². The molecule has 3 aromatic rings. The molecule has 1 saturated carbocycles. The molecule has 0 amide bonds. The maximum atomic E-state index is 14.9. The molecule has 0 radical (unpaired) electrons. The molecule has 3 heterocycles. The highest BCUT2D eigenvalue weighted by atomic mass is 35.5. The molecule has 3 atom stereocenters. The zero-order valence-electron chi connectivity index (χ0n) is 21.0. The van der Waals surface area contributed by atoms with Crippen molar-refractivity contribution in [1.29, 1.82) is 0 Å². The number of nitrogens with zero attached hydrogens (tertiary/aromatic N) is 7. The molecule has 1 aliphatic carbocycles. The average molecular weight is 574 g/mol. The zero-order chi connectivity index (χ0) is 27.7. The van der Waals surface area contributed by atoms with Gasteiger partial charge in [-0.05, 0) is 19.8 Å². The fraction of sp³-hybridized carbons (Fsp3) is 0.545. The number of hydrogen-bond acceptors (Lipinski definition) is 11. The third-order valence-electron chi connectivity index (χ3n) is 6.42. The molecular weight excluding hydrogens is 548 g/mol. The van der Waals surface area contributed by atoms with Gasteiger partial charge in [0.15, 0.2) is 27.2 Å². The number of sulfone groups is 1. The van der Waals surface area contributed by atoms with Gasteiger partial charge in [0.05, 0.1) is 30.4 Å². The number of aromatic nitrogens is 7. The first-order valence-corrected chi connectivity index (χ1v) is 13.6. The second-order valence-corrected chi connectivity index (χ2v) is 11.5. The van der Waals surface area contributed by atoms with Crippen LogP contribution < -0.4 is 9.47 Å². The van der Waals surface area contributed by atoms with Crippen molar-refractivity contribution in [1.82, 2.24) is 34.7 Å². The lowest BCUT2D eigenvalue weighted by Crippen LogP contribution is -2.30. The molecule has 0 bridgehead atoms. The van der Waals surface area contributed by atoms with Crippen molar-refractivity contribution < 1.29 is 31.4 Å². The Morgan fingerprint density at radius 3 is 2.26 bits per heavy atom. The molecule has 4 rings (SSSR count). The lowest BCUT2D eigenvalue weighted by Gasteiger charge is -2.23. The van der Waals surface area contributed by atoms with Gasteiger partial charge in [-0.25, -0.2) is 27.2 Å². The van der Waals surface area contributed by atoms with Crippen molar-refractivity contribution in [3.8, 4) is 17.4 Å². The molecule has 0 aliphatic heterocycles. The highest BCUT2D eigenvalue weighted by Gasteiger charge is 2.48. The maximum Gasteiger partial charge on any atom is 0.257 e. The first kappa shape index (κ1) is 28.0.